The molecule has 14 heavy (non-hydrogen) atoms. The van der Waals surface area contributed by atoms with E-state index in [1.807, 2.05) is 0 Å². The topological polar surface area (TPSA) is 75.4 Å². The Morgan fingerprint density at radius 3 is 2.86 bits per heavy atom. The first kappa shape index (κ1) is 10.9. The second kappa shape index (κ2) is 4.92. The SMILES string of the molecule is O=[N+]([O-])c1cc(Br)ccc1NCCO. The normalized spacial score (nSPS) is 9.86. The van der Waals surface area contributed by atoms with Crippen LogP contribution < -0.4 is 5.32 Å². The Hall–Kier alpha value is -1.14. The predicted octanol–water partition coefficient (Wildman–Crippen LogP) is 1.76. The summed E-state index contributed by atoms with van der Waals surface area (Å²) in [6.45, 7) is 0.232. The number of rotatable bonds is 4. The van der Waals surface area contributed by atoms with E-state index in [0.29, 0.717) is 16.7 Å². The van der Waals surface area contributed by atoms with Gasteiger partial charge < -0.3 is 10.4 Å². The lowest BCUT2D eigenvalue weighted by Gasteiger charge is -2.04. The van der Waals surface area contributed by atoms with Crippen molar-refractivity contribution < 1.29 is 10.0 Å². The fourth-order valence-electron chi connectivity index (χ4n) is 0.996. The molecule has 0 unspecified atom stereocenters. The van der Waals surface area contributed by atoms with Gasteiger partial charge in [0, 0.05) is 17.1 Å². The largest absolute Gasteiger partial charge is 0.395 e. The third-order valence-electron chi connectivity index (χ3n) is 1.58. The number of aliphatic hydroxyl groups excluding tert-OH is 1. The molecule has 0 spiro atoms. The zero-order chi connectivity index (χ0) is 10.6. The Balaban J connectivity index is 2.96. The number of nitro benzene ring substituents is 1. The van der Waals surface area contributed by atoms with E-state index in [4.69, 9.17) is 5.11 Å². The molecule has 0 saturated carbocycles. The van der Waals surface area contributed by atoms with E-state index in [-0.39, 0.29) is 12.3 Å². The number of hydrogen-bond acceptors (Lipinski definition) is 4. The van der Waals surface area contributed by atoms with Gasteiger partial charge in [-0.1, -0.05) is 15.9 Å². The summed E-state index contributed by atoms with van der Waals surface area (Å²) in [6.07, 6.45) is 0. The minimum Gasteiger partial charge on any atom is -0.395 e. The van der Waals surface area contributed by atoms with Crippen LogP contribution in [0.3, 0.4) is 0 Å². The van der Waals surface area contributed by atoms with Gasteiger partial charge in [0.25, 0.3) is 5.69 Å². The monoisotopic (exact) mass is 260 g/mol. The first-order chi connectivity index (χ1) is 6.65. The van der Waals surface area contributed by atoms with Crippen molar-refractivity contribution >= 4 is 27.3 Å². The lowest BCUT2D eigenvalue weighted by molar-refractivity contribution is -0.384. The van der Waals surface area contributed by atoms with Crippen molar-refractivity contribution in [2.75, 3.05) is 18.5 Å². The van der Waals surface area contributed by atoms with E-state index < -0.39 is 4.92 Å². The lowest BCUT2D eigenvalue weighted by atomic mass is 10.2. The van der Waals surface area contributed by atoms with Crippen molar-refractivity contribution in [2.24, 2.45) is 0 Å². The molecule has 0 aliphatic heterocycles. The van der Waals surface area contributed by atoms with Crippen LogP contribution in [0.15, 0.2) is 22.7 Å². The first-order valence-electron chi connectivity index (χ1n) is 3.94. The van der Waals surface area contributed by atoms with E-state index in [9.17, 15) is 10.1 Å². The summed E-state index contributed by atoms with van der Waals surface area (Å²) in [5, 5.41) is 21.9. The molecule has 0 aliphatic carbocycles. The Kier molecular flexibility index (Phi) is 3.84. The highest BCUT2D eigenvalue weighted by atomic mass is 79.9. The van der Waals surface area contributed by atoms with E-state index >= 15 is 0 Å². The van der Waals surface area contributed by atoms with Crippen molar-refractivity contribution in [2.45, 2.75) is 0 Å². The highest BCUT2D eigenvalue weighted by Crippen LogP contribution is 2.27. The number of hydrogen-bond donors (Lipinski definition) is 2. The van der Waals surface area contributed by atoms with Gasteiger partial charge in [-0.05, 0) is 12.1 Å². The van der Waals surface area contributed by atoms with Crippen molar-refractivity contribution in [3.05, 3.63) is 32.8 Å². The van der Waals surface area contributed by atoms with E-state index in [2.05, 4.69) is 21.2 Å². The van der Waals surface area contributed by atoms with Crippen LogP contribution in [-0.4, -0.2) is 23.2 Å². The second-order valence-corrected chi connectivity index (χ2v) is 3.48. The van der Waals surface area contributed by atoms with Gasteiger partial charge in [-0.2, -0.15) is 0 Å². The molecular formula is C8H9BrN2O3. The van der Waals surface area contributed by atoms with Gasteiger partial charge in [0.05, 0.1) is 11.5 Å². The molecule has 2 N–H and O–H groups in total. The van der Waals surface area contributed by atoms with Crippen molar-refractivity contribution in [1.82, 2.24) is 0 Å². The van der Waals surface area contributed by atoms with Gasteiger partial charge >= 0.3 is 0 Å². The third kappa shape index (κ3) is 2.68. The lowest BCUT2D eigenvalue weighted by Crippen LogP contribution is -2.07. The van der Waals surface area contributed by atoms with Gasteiger partial charge in [-0.3, -0.25) is 10.1 Å². The predicted molar refractivity (Wildman–Crippen MR) is 56.4 cm³/mol. The second-order valence-electron chi connectivity index (χ2n) is 2.57. The van der Waals surface area contributed by atoms with E-state index in [1.165, 1.54) is 6.07 Å². The van der Waals surface area contributed by atoms with Crippen LogP contribution in [0.25, 0.3) is 0 Å². The van der Waals surface area contributed by atoms with Crippen LogP contribution in [0.5, 0.6) is 0 Å². The molecule has 0 bridgehead atoms. The fourth-order valence-corrected chi connectivity index (χ4v) is 1.34. The Labute approximate surface area is 89.0 Å². The number of aliphatic hydroxyl groups is 1. The van der Waals surface area contributed by atoms with Gasteiger partial charge in [0.1, 0.15) is 5.69 Å². The number of halogens is 1. The van der Waals surface area contributed by atoms with Crippen LogP contribution in [0.4, 0.5) is 11.4 Å². The maximum absolute atomic E-state index is 10.6. The van der Waals surface area contributed by atoms with Gasteiger partial charge in [-0.25, -0.2) is 0 Å². The fraction of sp³-hybridized carbons (Fsp3) is 0.250. The van der Waals surface area contributed by atoms with Gasteiger partial charge in [0.15, 0.2) is 0 Å². The summed E-state index contributed by atoms with van der Waals surface area (Å²) < 4.78 is 0.652. The zero-order valence-electron chi connectivity index (χ0n) is 7.24. The molecule has 5 nitrogen and oxygen atoms in total. The molecule has 76 valence electrons. The molecule has 0 saturated heterocycles. The average molecular weight is 261 g/mol. The van der Waals surface area contributed by atoms with Crippen LogP contribution in [-0.2, 0) is 0 Å². The summed E-state index contributed by atoms with van der Waals surface area (Å²) in [4.78, 5) is 10.2. The Bertz CT molecular complexity index is 343. The standard InChI is InChI=1S/C8H9BrN2O3/c9-6-1-2-7(10-3-4-12)8(5-6)11(13)14/h1-2,5,10,12H,3-4H2. The van der Waals surface area contributed by atoms with Crippen LogP contribution in [0.1, 0.15) is 0 Å². The number of nitrogens with zero attached hydrogens (tertiary/aromatic N) is 1. The number of anilines is 1. The summed E-state index contributed by atoms with van der Waals surface area (Å²) >= 11 is 3.15. The molecule has 0 radical (unpaired) electrons. The third-order valence-corrected chi connectivity index (χ3v) is 2.08. The molecule has 0 heterocycles. The molecule has 1 aromatic rings. The molecule has 0 amide bonds. The highest BCUT2D eigenvalue weighted by molar-refractivity contribution is 9.10. The van der Waals surface area contributed by atoms with Gasteiger partial charge in [-0.15, -0.1) is 0 Å². The maximum Gasteiger partial charge on any atom is 0.293 e. The summed E-state index contributed by atoms with van der Waals surface area (Å²) in [6, 6.07) is 4.71. The number of benzene rings is 1. The molecule has 1 aromatic carbocycles. The van der Waals surface area contributed by atoms with Crippen molar-refractivity contribution in [1.29, 1.82) is 0 Å². The van der Waals surface area contributed by atoms with Crippen LogP contribution >= 0.6 is 15.9 Å². The zero-order valence-corrected chi connectivity index (χ0v) is 8.82. The smallest absolute Gasteiger partial charge is 0.293 e. The minimum absolute atomic E-state index is 0.00664. The summed E-state index contributed by atoms with van der Waals surface area (Å²) in [5.74, 6) is 0. The van der Waals surface area contributed by atoms with Crippen LogP contribution in [0.2, 0.25) is 0 Å². The van der Waals surface area contributed by atoms with E-state index in [0.717, 1.165) is 0 Å². The number of nitrogens with one attached hydrogen (secondary N) is 1. The highest BCUT2D eigenvalue weighted by Gasteiger charge is 2.12. The van der Waals surface area contributed by atoms with E-state index in [1.54, 1.807) is 12.1 Å². The van der Waals surface area contributed by atoms with Crippen molar-refractivity contribution in [3.63, 3.8) is 0 Å². The molecule has 0 atom stereocenters. The van der Waals surface area contributed by atoms with Crippen molar-refractivity contribution in [3.8, 4) is 0 Å². The van der Waals surface area contributed by atoms with Gasteiger partial charge in [0.2, 0.25) is 0 Å². The molecule has 6 heteroatoms. The molecular weight excluding hydrogens is 252 g/mol. The van der Waals surface area contributed by atoms with Crippen LogP contribution in [0, 0.1) is 10.1 Å². The molecule has 1 rings (SSSR count). The molecule has 0 fully saturated rings. The summed E-state index contributed by atoms with van der Waals surface area (Å²) in [7, 11) is 0. The molecule has 0 aliphatic rings. The Morgan fingerprint density at radius 2 is 2.29 bits per heavy atom. The molecule has 0 aromatic heterocycles. The average Bonchev–Trinajstić information content (AvgIpc) is 2.15. The summed E-state index contributed by atoms with van der Waals surface area (Å²) in [5.41, 5.74) is 0.403. The Morgan fingerprint density at radius 1 is 1.57 bits per heavy atom. The number of nitro groups is 1. The first-order valence-corrected chi connectivity index (χ1v) is 4.73. The quantitative estimate of drug-likeness (QED) is 0.639. The minimum atomic E-state index is -0.468. The maximum atomic E-state index is 10.6.